The Hall–Kier alpha value is -2.03. The number of carbonyl (C=O) groups is 1. The summed E-state index contributed by atoms with van der Waals surface area (Å²) < 4.78 is 29.6. The molecule has 28 heavy (non-hydrogen) atoms. The first-order valence-electron chi connectivity index (χ1n) is 8.62. The van der Waals surface area contributed by atoms with Crippen LogP contribution in [0.2, 0.25) is 5.02 Å². The number of hydrogen-bond donors (Lipinski definition) is 0. The van der Waals surface area contributed by atoms with Crippen molar-refractivity contribution < 1.29 is 17.9 Å². The summed E-state index contributed by atoms with van der Waals surface area (Å²) in [5.74, 6) is 0.267. The molecule has 2 aromatic carbocycles. The van der Waals surface area contributed by atoms with E-state index >= 15 is 0 Å². The van der Waals surface area contributed by atoms with Gasteiger partial charge in [-0.2, -0.15) is 4.99 Å². The van der Waals surface area contributed by atoms with Crippen LogP contribution in [0.3, 0.4) is 0 Å². The van der Waals surface area contributed by atoms with E-state index in [1.54, 1.807) is 30.3 Å². The van der Waals surface area contributed by atoms with Crippen molar-refractivity contribution in [2.45, 2.75) is 11.3 Å². The number of hydrogen-bond acceptors (Lipinski definition) is 5. The average Bonchev–Trinajstić information content (AvgIpc) is 3.11. The third-order valence-corrected chi connectivity index (χ3v) is 7.92. The summed E-state index contributed by atoms with van der Waals surface area (Å²) in [6.07, 6.45) is 0. The molecule has 2 fully saturated rings. The normalized spacial score (nSPS) is 24.3. The number of sulfone groups is 1. The second-order valence-corrected chi connectivity index (χ2v) is 10.3. The van der Waals surface area contributed by atoms with Gasteiger partial charge in [0.15, 0.2) is 21.6 Å². The van der Waals surface area contributed by atoms with E-state index in [0.717, 1.165) is 5.69 Å². The third-order valence-electron chi connectivity index (χ3n) is 4.48. The van der Waals surface area contributed by atoms with Crippen LogP contribution in [-0.4, -0.2) is 48.9 Å². The van der Waals surface area contributed by atoms with Gasteiger partial charge in [0.1, 0.15) is 5.75 Å². The molecule has 2 heterocycles. The number of carbonyl (C=O) groups excluding carboxylic acids is 1. The number of anilines is 1. The van der Waals surface area contributed by atoms with Crippen molar-refractivity contribution in [3.63, 3.8) is 0 Å². The highest BCUT2D eigenvalue weighted by molar-refractivity contribution is 8.16. The number of para-hydroxylation sites is 1. The Bertz CT molecular complexity index is 1030. The molecule has 2 aromatic rings. The fourth-order valence-electron chi connectivity index (χ4n) is 3.29. The zero-order valence-electron chi connectivity index (χ0n) is 14.7. The Morgan fingerprint density at radius 3 is 2.71 bits per heavy atom. The number of amides is 1. The molecule has 146 valence electrons. The lowest BCUT2D eigenvalue weighted by Crippen LogP contribution is -2.37. The molecular weight excluding hydrogens is 420 g/mol. The molecule has 4 rings (SSSR count). The van der Waals surface area contributed by atoms with Gasteiger partial charge in [0.05, 0.1) is 17.5 Å². The van der Waals surface area contributed by atoms with Gasteiger partial charge < -0.3 is 9.64 Å². The van der Waals surface area contributed by atoms with Crippen molar-refractivity contribution in [1.29, 1.82) is 0 Å². The van der Waals surface area contributed by atoms with Crippen LogP contribution in [0.4, 0.5) is 5.69 Å². The fraction of sp³-hybridized carbons (Fsp3) is 0.263. The number of rotatable bonds is 4. The van der Waals surface area contributed by atoms with Crippen molar-refractivity contribution in [1.82, 2.24) is 0 Å². The lowest BCUT2D eigenvalue weighted by atomic mass is 10.2. The Kier molecular flexibility index (Phi) is 5.35. The molecule has 2 aliphatic rings. The Balaban J connectivity index is 1.58. The molecule has 0 aromatic heterocycles. The molecule has 0 spiro atoms. The van der Waals surface area contributed by atoms with Crippen LogP contribution in [0.15, 0.2) is 59.6 Å². The fourth-order valence-corrected chi connectivity index (χ4v) is 7.41. The maximum Gasteiger partial charge on any atom is 0.285 e. The van der Waals surface area contributed by atoms with E-state index in [-0.39, 0.29) is 29.4 Å². The molecule has 0 radical (unpaired) electrons. The maximum absolute atomic E-state index is 12.4. The Morgan fingerprint density at radius 2 is 1.96 bits per heavy atom. The first kappa shape index (κ1) is 19.3. The second-order valence-electron chi connectivity index (χ2n) is 6.54. The number of fused-ring (bicyclic) bond motifs is 1. The minimum atomic E-state index is -3.11. The molecule has 2 atom stereocenters. The van der Waals surface area contributed by atoms with Gasteiger partial charge in [0, 0.05) is 16.0 Å². The summed E-state index contributed by atoms with van der Waals surface area (Å²) in [6, 6.07) is 15.9. The molecule has 1 amide bonds. The van der Waals surface area contributed by atoms with E-state index in [1.807, 2.05) is 29.2 Å². The lowest BCUT2D eigenvalue weighted by Gasteiger charge is -2.24. The summed E-state index contributed by atoms with van der Waals surface area (Å²) >= 11 is 7.43. The van der Waals surface area contributed by atoms with Crippen LogP contribution in [0.5, 0.6) is 5.75 Å². The minimum absolute atomic E-state index is 0.0326. The highest BCUT2D eigenvalue weighted by Gasteiger charge is 2.49. The molecule has 0 aliphatic carbocycles. The summed E-state index contributed by atoms with van der Waals surface area (Å²) in [6.45, 7) is -0.189. The number of halogens is 1. The van der Waals surface area contributed by atoms with E-state index in [9.17, 15) is 13.2 Å². The lowest BCUT2D eigenvalue weighted by molar-refractivity contribution is -0.119. The molecule has 0 unspecified atom stereocenters. The SMILES string of the molecule is O=C(COc1ccccc1)N=C1S[C@H]2CS(=O)(=O)C[C@H]2N1c1cccc(Cl)c1. The number of nitrogens with zero attached hydrogens (tertiary/aromatic N) is 2. The number of ether oxygens (including phenoxy) is 1. The van der Waals surface area contributed by atoms with Crippen LogP contribution >= 0.6 is 23.4 Å². The minimum Gasteiger partial charge on any atom is -0.484 e. The molecule has 0 bridgehead atoms. The van der Waals surface area contributed by atoms with Crippen molar-refractivity contribution in [3.05, 3.63) is 59.6 Å². The van der Waals surface area contributed by atoms with Gasteiger partial charge >= 0.3 is 0 Å². The molecule has 2 saturated heterocycles. The van der Waals surface area contributed by atoms with Crippen LogP contribution in [0, 0.1) is 0 Å². The molecule has 9 heteroatoms. The van der Waals surface area contributed by atoms with Crippen molar-refractivity contribution in [2.75, 3.05) is 23.0 Å². The molecule has 0 N–H and O–H groups in total. The molecule has 0 saturated carbocycles. The van der Waals surface area contributed by atoms with Crippen LogP contribution in [0.25, 0.3) is 0 Å². The largest absolute Gasteiger partial charge is 0.484 e. The zero-order chi connectivity index (χ0) is 19.7. The monoisotopic (exact) mass is 436 g/mol. The predicted molar refractivity (Wildman–Crippen MR) is 112 cm³/mol. The quantitative estimate of drug-likeness (QED) is 0.733. The molecule has 2 aliphatic heterocycles. The Labute approximate surface area is 172 Å². The first-order chi connectivity index (χ1) is 13.4. The summed E-state index contributed by atoms with van der Waals surface area (Å²) in [7, 11) is -3.11. The number of amidine groups is 1. The van der Waals surface area contributed by atoms with Gasteiger partial charge in [-0.1, -0.05) is 47.6 Å². The van der Waals surface area contributed by atoms with Gasteiger partial charge in [0.25, 0.3) is 5.91 Å². The van der Waals surface area contributed by atoms with E-state index in [4.69, 9.17) is 16.3 Å². The Morgan fingerprint density at radius 1 is 1.18 bits per heavy atom. The number of thioether (sulfide) groups is 1. The van der Waals surface area contributed by atoms with E-state index in [0.29, 0.717) is 15.9 Å². The van der Waals surface area contributed by atoms with E-state index in [2.05, 4.69) is 4.99 Å². The average molecular weight is 437 g/mol. The second kappa shape index (κ2) is 7.77. The van der Waals surface area contributed by atoms with Gasteiger partial charge in [-0.3, -0.25) is 4.79 Å². The molecule has 6 nitrogen and oxygen atoms in total. The van der Waals surface area contributed by atoms with Crippen LogP contribution < -0.4 is 9.64 Å². The van der Waals surface area contributed by atoms with Crippen molar-refractivity contribution >= 4 is 50.0 Å². The van der Waals surface area contributed by atoms with Gasteiger partial charge in [-0.15, -0.1) is 0 Å². The summed E-state index contributed by atoms with van der Waals surface area (Å²) in [5.41, 5.74) is 0.722. The van der Waals surface area contributed by atoms with Gasteiger partial charge in [-0.25, -0.2) is 8.42 Å². The van der Waals surface area contributed by atoms with Crippen molar-refractivity contribution in [3.8, 4) is 5.75 Å². The van der Waals surface area contributed by atoms with Gasteiger partial charge in [-0.05, 0) is 30.3 Å². The van der Waals surface area contributed by atoms with Crippen molar-refractivity contribution in [2.24, 2.45) is 4.99 Å². The topological polar surface area (TPSA) is 76.0 Å². The standard InChI is InChI=1S/C19H17ClN2O4S2/c20-13-5-4-6-14(9-13)22-16-11-28(24,25)12-17(16)27-19(22)21-18(23)10-26-15-7-2-1-3-8-15/h1-9,16-17H,10-12H2/t16-,17+/m1/s1. The predicted octanol–water partition coefficient (Wildman–Crippen LogP) is 3.02. The maximum atomic E-state index is 12.4. The first-order valence-corrected chi connectivity index (χ1v) is 11.7. The van der Waals surface area contributed by atoms with Gasteiger partial charge in [0.2, 0.25) is 0 Å². The summed E-state index contributed by atoms with van der Waals surface area (Å²) in [5, 5.41) is 0.851. The third kappa shape index (κ3) is 4.19. The van der Waals surface area contributed by atoms with E-state index < -0.39 is 15.7 Å². The smallest absolute Gasteiger partial charge is 0.285 e. The highest BCUT2D eigenvalue weighted by Crippen LogP contribution is 2.41. The number of aliphatic imine (C=N–C) groups is 1. The van der Waals surface area contributed by atoms with E-state index in [1.165, 1.54) is 11.8 Å². The zero-order valence-corrected chi connectivity index (χ0v) is 17.1. The highest BCUT2D eigenvalue weighted by atomic mass is 35.5. The molecular formula is C19H17ClN2O4S2. The number of benzene rings is 2. The van der Waals surface area contributed by atoms with Crippen LogP contribution in [-0.2, 0) is 14.6 Å². The summed E-state index contributed by atoms with van der Waals surface area (Å²) in [4.78, 5) is 18.4. The van der Waals surface area contributed by atoms with Crippen LogP contribution in [0.1, 0.15) is 0 Å².